The highest BCUT2D eigenvalue weighted by atomic mass is 127. The topological polar surface area (TPSA) is 50.9 Å². The molecule has 3 N–H and O–H groups in total. The summed E-state index contributed by atoms with van der Waals surface area (Å²) in [4.78, 5) is 4.27. The summed E-state index contributed by atoms with van der Waals surface area (Å²) in [7, 11) is 0. The van der Waals surface area contributed by atoms with Crippen molar-refractivity contribution in [2.24, 2.45) is 5.84 Å². The maximum Gasteiger partial charge on any atom is 0.124 e. The van der Waals surface area contributed by atoms with Crippen molar-refractivity contribution < 1.29 is 4.39 Å². The number of nitrogens with zero attached hydrogens (tertiary/aromatic N) is 1. The predicted molar refractivity (Wildman–Crippen MR) is 77.1 cm³/mol. The van der Waals surface area contributed by atoms with Gasteiger partial charge in [0.25, 0.3) is 0 Å². The van der Waals surface area contributed by atoms with Gasteiger partial charge in [0.15, 0.2) is 0 Å². The molecular formula is C13H13FIN3. The average molecular weight is 357 g/mol. The minimum Gasteiger partial charge on any atom is -0.271 e. The fourth-order valence-electron chi connectivity index (χ4n) is 1.77. The second kappa shape index (κ2) is 6.21. The fourth-order valence-corrected chi connectivity index (χ4v) is 2.62. The lowest BCUT2D eigenvalue weighted by molar-refractivity contribution is 0.541. The normalized spacial score (nSPS) is 12.4. The highest BCUT2D eigenvalue weighted by molar-refractivity contribution is 14.1. The van der Waals surface area contributed by atoms with Gasteiger partial charge in [0.1, 0.15) is 5.82 Å². The number of hydrogen-bond acceptors (Lipinski definition) is 3. The van der Waals surface area contributed by atoms with Gasteiger partial charge in [-0.1, -0.05) is 12.1 Å². The van der Waals surface area contributed by atoms with E-state index in [0.717, 1.165) is 14.8 Å². The molecule has 1 unspecified atom stereocenters. The van der Waals surface area contributed by atoms with Gasteiger partial charge in [0.2, 0.25) is 0 Å². The van der Waals surface area contributed by atoms with Gasteiger partial charge < -0.3 is 0 Å². The second-order valence-corrected chi connectivity index (χ2v) is 5.07. The van der Waals surface area contributed by atoms with Gasteiger partial charge in [0.05, 0.1) is 6.04 Å². The molecule has 3 nitrogen and oxygen atoms in total. The second-order valence-electron chi connectivity index (χ2n) is 3.91. The summed E-state index contributed by atoms with van der Waals surface area (Å²) < 4.78 is 13.9. The number of aromatic nitrogens is 1. The lowest BCUT2D eigenvalue weighted by Gasteiger charge is -2.17. The Kier molecular flexibility index (Phi) is 4.62. The van der Waals surface area contributed by atoms with Crippen molar-refractivity contribution in [3.05, 3.63) is 63.2 Å². The van der Waals surface area contributed by atoms with Crippen LogP contribution in [-0.2, 0) is 6.42 Å². The summed E-state index contributed by atoms with van der Waals surface area (Å²) in [5.41, 5.74) is 4.68. The zero-order chi connectivity index (χ0) is 13.0. The molecule has 1 atom stereocenters. The molecule has 0 saturated heterocycles. The molecule has 0 radical (unpaired) electrons. The van der Waals surface area contributed by atoms with E-state index in [2.05, 4.69) is 33.0 Å². The van der Waals surface area contributed by atoms with Gasteiger partial charge in [0, 0.05) is 21.9 Å². The molecule has 0 aliphatic rings. The van der Waals surface area contributed by atoms with Gasteiger partial charge in [-0.15, -0.1) is 0 Å². The van der Waals surface area contributed by atoms with Crippen molar-refractivity contribution in [2.75, 3.05) is 0 Å². The molecular weight excluding hydrogens is 344 g/mol. The van der Waals surface area contributed by atoms with Gasteiger partial charge >= 0.3 is 0 Å². The lowest BCUT2D eigenvalue weighted by Crippen LogP contribution is -2.30. The molecule has 0 spiro atoms. The maximum absolute atomic E-state index is 13.1. The summed E-state index contributed by atoms with van der Waals surface area (Å²) in [5, 5.41) is 0. The molecule has 0 amide bonds. The third-order valence-corrected chi connectivity index (χ3v) is 3.61. The first-order valence-electron chi connectivity index (χ1n) is 5.51. The van der Waals surface area contributed by atoms with E-state index in [1.54, 1.807) is 12.3 Å². The van der Waals surface area contributed by atoms with E-state index in [4.69, 9.17) is 5.84 Å². The Morgan fingerprint density at radius 1 is 1.33 bits per heavy atom. The first-order chi connectivity index (χ1) is 8.70. The van der Waals surface area contributed by atoms with Crippen LogP contribution in [0.3, 0.4) is 0 Å². The van der Waals surface area contributed by atoms with Crippen LogP contribution in [0.2, 0.25) is 0 Å². The van der Waals surface area contributed by atoms with Gasteiger partial charge in [-0.3, -0.25) is 16.3 Å². The lowest BCUT2D eigenvalue weighted by atomic mass is 10.0. The first-order valence-corrected chi connectivity index (χ1v) is 6.59. The molecule has 0 aliphatic heterocycles. The maximum atomic E-state index is 13.1. The van der Waals surface area contributed by atoms with E-state index in [1.165, 1.54) is 12.1 Å². The van der Waals surface area contributed by atoms with E-state index >= 15 is 0 Å². The number of halogens is 2. The van der Waals surface area contributed by atoms with E-state index in [9.17, 15) is 4.39 Å². The zero-order valence-electron chi connectivity index (χ0n) is 9.61. The SMILES string of the molecule is NNC(Cc1ccccn1)c1ccc(F)cc1I. The predicted octanol–water partition coefficient (Wildman–Crippen LogP) is 2.57. The first kappa shape index (κ1) is 13.4. The molecule has 1 aromatic heterocycles. The Bertz CT molecular complexity index is 519. The summed E-state index contributed by atoms with van der Waals surface area (Å²) in [5.74, 6) is 5.35. The molecule has 18 heavy (non-hydrogen) atoms. The fraction of sp³-hybridized carbons (Fsp3) is 0.154. The van der Waals surface area contributed by atoms with Crippen molar-refractivity contribution in [3.63, 3.8) is 0 Å². The number of nitrogens with one attached hydrogen (secondary N) is 1. The van der Waals surface area contributed by atoms with Crippen LogP contribution in [0.4, 0.5) is 4.39 Å². The van der Waals surface area contributed by atoms with E-state index < -0.39 is 0 Å². The number of hydrogen-bond donors (Lipinski definition) is 2. The quantitative estimate of drug-likeness (QED) is 0.503. The molecule has 0 fully saturated rings. The molecule has 0 bridgehead atoms. The molecule has 94 valence electrons. The van der Waals surface area contributed by atoms with Gasteiger partial charge in [-0.05, 0) is 52.4 Å². The Hall–Kier alpha value is -1.05. The molecule has 5 heteroatoms. The van der Waals surface area contributed by atoms with Crippen LogP contribution in [0.15, 0.2) is 42.6 Å². The average Bonchev–Trinajstić information content (AvgIpc) is 2.38. The highest BCUT2D eigenvalue weighted by Crippen LogP contribution is 2.23. The van der Waals surface area contributed by atoms with E-state index in [0.29, 0.717) is 6.42 Å². The Morgan fingerprint density at radius 2 is 2.17 bits per heavy atom. The van der Waals surface area contributed by atoms with E-state index in [1.807, 2.05) is 18.2 Å². The van der Waals surface area contributed by atoms with Crippen molar-refractivity contribution >= 4 is 22.6 Å². The van der Waals surface area contributed by atoms with Crippen LogP contribution in [0.5, 0.6) is 0 Å². The Balaban J connectivity index is 2.23. The van der Waals surface area contributed by atoms with Crippen LogP contribution in [0.25, 0.3) is 0 Å². The largest absolute Gasteiger partial charge is 0.271 e. The number of hydrazine groups is 1. The number of pyridine rings is 1. The Labute approximate surface area is 119 Å². The summed E-state index contributed by atoms with van der Waals surface area (Å²) in [6.45, 7) is 0. The Morgan fingerprint density at radius 3 is 2.78 bits per heavy atom. The van der Waals surface area contributed by atoms with Crippen molar-refractivity contribution in [1.29, 1.82) is 0 Å². The standard InChI is InChI=1S/C13H13FIN3/c14-9-4-5-11(12(15)7-9)13(18-16)8-10-3-1-2-6-17-10/h1-7,13,18H,8,16H2. The number of rotatable bonds is 4. The molecule has 2 rings (SSSR count). The van der Waals surface area contributed by atoms with Gasteiger partial charge in [-0.2, -0.15) is 0 Å². The molecule has 1 heterocycles. The molecule has 0 saturated carbocycles. The van der Waals surface area contributed by atoms with Crippen LogP contribution in [-0.4, -0.2) is 4.98 Å². The van der Waals surface area contributed by atoms with Crippen molar-refractivity contribution in [1.82, 2.24) is 10.4 Å². The zero-order valence-corrected chi connectivity index (χ0v) is 11.8. The summed E-state index contributed by atoms with van der Waals surface area (Å²) >= 11 is 2.11. The van der Waals surface area contributed by atoms with Crippen LogP contribution in [0.1, 0.15) is 17.3 Å². The molecule has 0 aliphatic carbocycles. The van der Waals surface area contributed by atoms with E-state index in [-0.39, 0.29) is 11.9 Å². The van der Waals surface area contributed by atoms with Gasteiger partial charge in [-0.25, -0.2) is 4.39 Å². The number of benzene rings is 1. The molecule has 2 aromatic rings. The van der Waals surface area contributed by atoms with Crippen LogP contribution in [0, 0.1) is 9.39 Å². The monoisotopic (exact) mass is 357 g/mol. The minimum absolute atomic E-state index is 0.0765. The summed E-state index contributed by atoms with van der Waals surface area (Å²) in [6, 6.07) is 10.4. The smallest absolute Gasteiger partial charge is 0.124 e. The van der Waals surface area contributed by atoms with Crippen molar-refractivity contribution in [2.45, 2.75) is 12.5 Å². The van der Waals surface area contributed by atoms with Crippen LogP contribution >= 0.6 is 22.6 Å². The molecule has 1 aromatic carbocycles. The third-order valence-electron chi connectivity index (χ3n) is 2.68. The minimum atomic E-state index is -0.239. The number of nitrogens with two attached hydrogens (primary N) is 1. The van der Waals surface area contributed by atoms with Crippen LogP contribution < -0.4 is 11.3 Å². The summed E-state index contributed by atoms with van der Waals surface area (Å²) in [6.07, 6.45) is 2.41. The third kappa shape index (κ3) is 3.24. The van der Waals surface area contributed by atoms with Crippen molar-refractivity contribution in [3.8, 4) is 0 Å². The highest BCUT2D eigenvalue weighted by Gasteiger charge is 2.14.